The molecule has 6 heteroatoms. The topological polar surface area (TPSA) is 50.8 Å². The van der Waals surface area contributed by atoms with Crippen molar-refractivity contribution in [2.75, 3.05) is 20.8 Å². The van der Waals surface area contributed by atoms with Crippen LogP contribution in [0.25, 0.3) is 0 Å². The van der Waals surface area contributed by atoms with Gasteiger partial charge in [0.05, 0.1) is 20.3 Å². The van der Waals surface area contributed by atoms with E-state index in [1.54, 1.807) is 14.2 Å². The standard InChI is InChI=1S/C23H26N2O3S/c1-5-13-25-15(2)20(22(26)16-9-7-6-8-10-16)21(24-23(25)29)18-14-17(27-3)11-12-19(18)28-4/h6-12,14,21H,5,13H2,1-4H3,(H,24,29). The molecule has 2 aromatic rings. The first-order chi connectivity index (χ1) is 14.0. The number of ether oxygens (including phenoxy) is 2. The number of ketones is 1. The molecule has 1 atom stereocenters. The van der Waals surface area contributed by atoms with Gasteiger partial charge < -0.3 is 19.7 Å². The minimum atomic E-state index is -0.437. The molecule has 2 aromatic carbocycles. The summed E-state index contributed by atoms with van der Waals surface area (Å²) < 4.78 is 11.0. The first kappa shape index (κ1) is 20.9. The summed E-state index contributed by atoms with van der Waals surface area (Å²) in [4.78, 5) is 15.6. The molecule has 152 valence electrons. The zero-order chi connectivity index (χ0) is 21.0. The van der Waals surface area contributed by atoms with Crippen LogP contribution in [0.4, 0.5) is 0 Å². The Morgan fingerprint density at radius 2 is 1.86 bits per heavy atom. The van der Waals surface area contributed by atoms with Crippen molar-refractivity contribution in [3.05, 3.63) is 70.9 Å². The van der Waals surface area contributed by atoms with E-state index in [4.69, 9.17) is 21.7 Å². The molecule has 5 nitrogen and oxygen atoms in total. The maximum atomic E-state index is 13.6. The number of thiocarbonyl (C=S) groups is 1. The molecule has 0 saturated heterocycles. The third-order valence-electron chi connectivity index (χ3n) is 5.07. The maximum Gasteiger partial charge on any atom is 0.193 e. The predicted octanol–water partition coefficient (Wildman–Crippen LogP) is 4.50. The lowest BCUT2D eigenvalue weighted by Crippen LogP contribution is -2.48. The Balaban J connectivity index is 2.19. The number of carbonyl (C=O) groups excluding carboxylic acids is 1. The monoisotopic (exact) mass is 410 g/mol. The average Bonchev–Trinajstić information content (AvgIpc) is 2.76. The Morgan fingerprint density at radius 1 is 1.14 bits per heavy atom. The van der Waals surface area contributed by atoms with Gasteiger partial charge in [-0.05, 0) is 43.8 Å². The molecule has 0 spiro atoms. The fraction of sp³-hybridized carbons (Fsp3) is 0.304. The van der Waals surface area contributed by atoms with Crippen LogP contribution < -0.4 is 14.8 Å². The van der Waals surface area contributed by atoms with Crippen LogP contribution in [-0.2, 0) is 0 Å². The number of allylic oxidation sites excluding steroid dienone is 1. The van der Waals surface area contributed by atoms with Gasteiger partial charge in [0.15, 0.2) is 10.9 Å². The van der Waals surface area contributed by atoms with E-state index in [-0.39, 0.29) is 5.78 Å². The van der Waals surface area contributed by atoms with Gasteiger partial charge in [0.1, 0.15) is 11.5 Å². The van der Waals surface area contributed by atoms with Gasteiger partial charge in [0.25, 0.3) is 0 Å². The second kappa shape index (κ2) is 9.09. The normalized spacial score (nSPS) is 16.5. The molecular weight excluding hydrogens is 384 g/mol. The molecule has 1 unspecified atom stereocenters. The third-order valence-corrected chi connectivity index (χ3v) is 5.41. The molecule has 0 aromatic heterocycles. The number of benzene rings is 2. The van der Waals surface area contributed by atoms with Crippen molar-refractivity contribution in [3.63, 3.8) is 0 Å². The van der Waals surface area contributed by atoms with E-state index in [1.165, 1.54) is 0 Å². The summed E-state index contributed by atoms with van der Waals surface area (Å²) in [6.07, 6.45) is 0.916. The van der Waals surface area contributed by atoms with Crippen molar-refractivity contribution in [1.29, 1.82) is 0 Å². The molecule has 29 heavy (non-hydrogen) atoms. The van der Waals surface area contributed by atoms with E-state index >= 15 is 0 Å². The second-order valence-electron chi connectivity index (χ2n) is 6.84. The number of nitrogens with zero attached hydrogens (tertiary/aromatic N) is 1. The number of carbonyl (C=O) groups is 1. The molecule has 0 fully saturated rings. The fourth-order valence-corrected chi connectivity index (χ4v) is 3.96. The Hall–Kier alpha value is -2.86. The SMILES string of the molecule is CCCN1C(=S)NC(c2cc(OC)ccc2OC)C(C(=O)c2ccccc2)=C1C. The summed E-state index contributed by atoms with van der Waals surface area (Å²) in [5, 5.41) is 3.97. The quantitative estimate of drug-likeness (QED) is 0.536. The summed E-state index contributed by atoms with van der Waals surface area (Å²) >= 11 is 5.64. The summed E-state index contributed by atoms with van der Waals surface area (Å²) in [7, 11) is 3.23. The summed E-state index contributed by atoms with van der Waals surface area (Å²) in [6.45, 7) is 4.79. The van der Waals surface area contributed by atoms with Gasteiger partial charge >= 0.3 is 0 Å². The Morgan fingerprint density at radius 3 is 2.48 bits per heavy atom. The Labute approximate surface area is 177 Å². The van der Waals surface area contributed by atoms with Gasteiger partial charge in [-0.2, -0.15) is 0 Å². The zero-order valence-electron chi connectivity index (χ0n) is 17.2. The highest BCUT2D eigenvalue weighted by atomic mass is 32.1. The first-order valence-electron chi connectivity index (χ1n) is 9.62. The lowest BCUT2D eigenvalue weighted by Gasteiger charge is -2.38. The predicted molar refractivity (Wildman–Crippen MR) is 118 cm³/mol. The average molecular weight is 411 g/mol. The van der Waals surface area contributed by atoms with Crippen molar-refractivity contribution in [2.45, 2.75) is 26.3 Å². The number of rotatable bonds is 7. The first-order valence-corrected chi connectivity index (χ1v) is 10.0. The molecule has 1 aliphatic rings. The van der Waals surface area contributed by atoms with Crippen LogP contribution in [0.15, 0.2) is 59.8 Å². The molecule has 1 aliphatic heterocycles. The van der Waals surface area contributed by atoms with Crippen LogP contribution in [-0.4, -0.2) is 36.6 Å². The highest BCUT2D eigenvalue weighted by Crippen LogP contribution is 2.38. The van der Waals surface area contributed by atoms with Crippen LogP contribution in [0.1, 0.15) is 42.2 Å². The number of hydrogen-bond donors (Lipinski definition) is 1. The van der Waals surface area contributed by atoms with Crippen molar-refractivity contribution < 1.29 is 14.3 Å². The fourth-order valence-electron chi connectivity index (χ4n) is 3.61. The number of methoxy groups -OCH3 is 2. The summed E-state index contributed by atoms with van der Waals surface area (Å²) in [5.74, 6) is 1.32. The highest BCUT2D eigenvalue weighted by Gasteiger charge is 2.35. The van der Waals surface area contributed by atoms with Gasteiger partial charge in [0.2, 0.25) is 0 Å². The van der Waals surface area contributed by atoms with Gasteiger partial charge in [0, 0.05) is 28.9 Å². The van der Waals surface area contributed by atoms with Gasteiger partial charge in [-0.3, -0.25) is 4.79 Å². The molecule has 1 heterocycles. The van der Waals surface area contributed by atoms with Crippen molar-refractivity contribution in [1.82, 2.24) is 10.2 Å². The number of nitrogens with one attached hydrogen (secondary N) is 1. The molecule has 3 rings (SSSR count). The van der Waals surface area contributed by atoms with E-state index < -0.39 is 6.04 Å². The molecular formula is C23H26N2O3S. The Bertz CT molecular complexity index is 940. The maximum absolute atomic E-state index is 13.6. The molecule has 0 saturated carbocycles. The van der Waals surface area contributed by atoms with Gasteiger partial charge in [-0.15, -0.1) is 0 Å². The molecule has 0 radical (unpaired) electrons. The van der Waals surface area contributed by atoms with E-state index in [9.17, 15) is 4.79 Å². The smallest absolute Gasteiger partial charge is 0.193 e. The van der Waals surface area contributed by atoms with E-state index in [2.05, 4.69) is 12.2 Å². The third kappa shape index (κ3) is 4.12. The van der Waals surface area contributed by atoms with E-state index in [0.717, 1.165) is 24.2 Å². The number of Topliss-reactive ketones (excluding diaryl/α,β-unsaturated/α-hetero) is 1. The summed E-state index contributed by atoms with van der Waals surface area (Å²) in [6, 6.07) is 14.4. The lowest BCUT2D eigenvalue weighted by molar-refractivity contribution is 0.102. The van der Waals surface area contributed by atoms with Crippen LogP contribution in [0, 0.1) is 0 Å². The van der Waals surface area contributed by atoms with E-state index in [1.807, 2.05) is 60.4 Å². The second-order valence-corrected chi connectivity index (χ2v) is 7.22. The van der Waals surface area contributed by atoms with Gasteiger partial charge in [-0.1, -0.05) is 37.3 Å². The summed E-state index contributed by atoms with van der Waals surface area (Å²) in [5.41, 5.74) is 2.97. The Kier molecular flexibility index (Phi) is 6.54. The molecule has 1 N–H and O–H groups in total. The minimum Gasteiger partial charge on any atom is -0.497 e. The minimum absolute atomic E-state index is 0.0333. The van der Waals surface area contributed by atoms with Crippen LogP contribution >= 0.6 is 12.2 Å². The van der Waals surface area contributed by atoms with Gasteiger partial charge in [-0.25, -0.2) is 0 Å². The number of hydrogen-bond acceptors (Lipinski definition) is 4. The van der Waals surface area contributed by atoms with Crippen molar-refractivity contribution >= 4 is 23.1 Å². The highest BCUT2D eigenvalue weighted by molar-refractivity contribution is 7.80. The van der Waals surface area contributed by atoms with Crippen LogP contribution in [0.2, 0.25) is 0 Å². The lowest BCUT2D eigenvalue weighted by atomic mass is 9.88. The van der Waals surface area contributed by atoms with Crippen LogP contribution in [0.5, 0.6) is 11.5 Å². The largest absolute Gasteiger partial charge is 0.497 e. The van der Waals surface area contributed by atoms with Crippen molar-refractivity contribution in [3.8, 4) is 11.5 Å². The molecule has 0 aliphatic carbocycles. The van der Waals surface area contributed by atoms with Crippen molar-refractivity contribution in [2.24, 2.45) is 0 Å². The molecule has 0 amide bonds. The van der Waals surface area contributed by atoms with E-state index in [0.29, 0.717) is 27.7 Å². The zero-order valence-corrected chi connectivity index (χ0v) is 18.0. The molecule has 0 bridgehead atoms. The van der Waals surface area contributed by atoms with Crippen LogP contribution in [0.3, 0.4) is 0 Å².